The number of nitrogens with one attached hydrogen (secondary N) is 1. The van der Waals surface area contributed by atoms with Gasteiger partial charge in [-0.3, -0.25) is 0 Å². The largest absolute Gasteiger partial charge is 0.392 e. The van der Waals surface area contributed by atoms with E-state index >= 15 is 0 Å². The average molecular weight is 201 g/mol. The fourth-order valence-corrected chi connectivity index (χ4v) is 1.09. The summed E-state index contributed by atoms with van der Waals surface area (Å²) in [6.07, 6.45) is -2.40. The summed E-state index contributed by atoms with van der Waals surface area (Å²) in [4.78, 5) is 0. The first-order valence-electron chi connectivity index (χ1n) is 4.38. The summed E-state index contributed by atoms with van der Waals surface area (Å²) in [7, 11) is 0. The lowest BCUT2D eigenvalue weighted by Crippen LogP contribution is -2.23. The quantitative estimate of drug-likeness (QED) is 0.783. The molecule has 0 amide bonds. The van der Waals surface area contributed by atoms with Crippen molar-refractivity contribution in [3.8, 4) is 0 Å². The van der Waals surface area contributed by atoms with E-state index in [1.165, 1.54) is 6.92 Å². The predicted octanol–water partition coefficient (Wildman–Crippen LogP) is 2.24. The maximum absolute atomic E-state index is 12.2. The van der Waals surface area contributed by atoms with Gasteiger partial charge in [0.15, 0.2) is 0 Å². The standard InChI is InChI=1S/C10H13F2NO/c1-7(10(11)12)13-9-4-2-3-8(5-9)6-14/h2-5,7,10,13-14H,6H2,1H3. The van der Waals surface area contributed by atoms with Crippen molar-refractivity contribution >= 4 is 5.69 Å². The van der Waals surface area contributed by atoms with E-state index in [1.54, 1.807) is 24.3 Å². The Hall–Kier alpha value is -1.16. The lowest BCUT2D eigenvalue weighted by molar-refractivity contribution is 0.130. The highest BCUT2D eigenvalue weighted by Gasteiger charge is 2.13. The SMILES string of the molecule is CC(Nc1cccc(CO)c1)C(F)F. The number of hydrogen-bond donors (Lipinski definition) is 2. The van der Waals surface area contributed by atoms with Crippen LogP contribution in [0, 0.1) is 0 Å². The molecule has 0 aromatic heterocycles. The van der Waals surface area contributed by atoms with E-state index in [1.807, 2.05) is 0 Å². The van der Waals surface area contributed by atoms with Gasteiger partial charge in [-0.2, -0.15) is 0 Å². The maximum atomic E-state index is 12.2. The van der Waals surface area contributed by atoms with E-state index in [0.29, 0.717) is 11.3 Å². The van der Waals surface area contributed by atoms with Crippen LogP contribution in [0.3, 0.4) is 0 Å². The molecular formula is C10H13F2NO. The molecule has 2 N–H and O–H groups in total. The molecule has 78 valence electrons. The molecule has 1 rings (SSSR count). The molecule has 0 saturated carbocycles. The van der Waals surface area contributed by atoms with Crippen LogP contribution < -0.4 is 5.32 Å². The van der Waals surface area contributed by atoms with Crippen LogP contribution in [0.25, 0.3) is 0 Å². The van der Waals surface area contributed by atoms with Gasteiger partial charge in [0.1, 0.15) is 0 Å². The second-order valence-corrected chi connectivity index (χ2v) is 3.13. The molecule has 0 saturated heterocycles. The predicted molar refractivity (Wildman–Crippen MR) is 51.5 cm³/mol. The summed E-state index contributed by atoms with van der Waals surface area (Å²) in [6, 6.07) is 5.91. The van der Waals surface area contributed by atoms with E-state index in [4.69, 9.17) is 5.11 Å². The van der Waals surface area contributed by atoms with Gasteiger partial charge in [0.2, 0.25) is 0 Å². The second kappa shape index (κ2) is 4.91. The molecule has 1 atom stereocenters. The molecule has 0 radical (unpaired) electrons. The highest BCUT2D eigenvalue weighted by molar-refractivity contribution is 5.46. The molecule has 0 fully saturated rings. The van der Waals surface area contributed by atoms with Crippen LogP contribution in [0.2, 0.25) is 0 Å². The summed E-state index contributed by atoms with van der Waals surface area (Å²) in [5.74, 6) is 0. The van der Waals surface area contributed by atoms with Crippen molar-refractivity contribution < 1.29 is 13.9 Å². The number of rotatable bonds is 4. The van der Waals surface area contributed by atoms with Crippen molar-refractivity contribution in [1.29, 1.82) is 0 Å². The Kier molecular flexibility index (Phi) is 3.83. The number of benzene rings is 1. The normalized spacial score (nSPS) is 12.9. The second-order valence-electron chi connectivity index (χ2n) is 3.13. The van der Waals surface area contributed by atoms with Crippen molar-refractivity contribution in [2.24, 2.45) is 0 Å². The van der Waals surface area contributed by atoms with Crippen molar-refractivity contribution in [1.82, 2.24) is 0 Å². The molecule has 1 aromatic carbocycles. The maximum Gasteiger partial charge on any atom is 0.258 e. The van der Waals surface area contributed by atoms with E-state index < -0.39 is 12.5 Å². The summed E-state index contributed by atoms with van der Waals surface area (Å²) in [5, 5.41) is 11.5. The smallest absolute Gasteiger partial charge is 0.258 e. The average Bonchev–Trinajstić information content (AvgIpc) is 2.18. The Labute approximate surface area is 81.6 Å². The number of halogens is 2. The van der Waals surface area contributed by atoms with Crippen molar-refractivity contribution in [2.45, 2.75) is 26.0 Å². The third kappa shape index (κ3) is 2.96. The minimum Gasteiger partial charge on any atom is -0.392 e. The zero-order valence-corrected chi connectivity index (χ0v) is 7.87. The lowest BCUT2D eigenvalue weighted by Gasteiger charge is -2.14. The molecule has 1 aromatic rings. The third-order valence-corrected chi connectivity index (χ3v) is 1.88. The van der Waals surface area contributed by atoms with Gasteiger partial charge >= 0.3 is 0 Å². The van der Waals surface area contributed by atoms with Crippen LogP contribution in [-0.4, -0.2) is 17.6 Å². The first-order chi connectivity index (χ1) is 6.63. The minimum absolute atomic E-state index is 0.0847. The third-order valence-electron chi connectivity index (χ3n) is 1.88. The fourth-order valence-electron chi connectivity index (χ4n) is 1.09. The monoisotopic (exact) mass is 201 g/mol. The molecule has 0 aliphatic carbocycles. The summed E-state index contributed by atoms with van der Waals surface area (Å²) in [6.45, 7) is 1.33. The van der Waals surface area contributed by atoms with E-state index in [9.17, 15) is 8.78 Å². The Bertz CT molecular complexity index is 291. The molecule has 0 heterocycles. The Morgan fingerprint density at radius 2 is 2.14 bits per heavy atom. The number of aliphatic hydroxyl groups is 1. The molecule has 0 aliphatic heterocycles. The molecule has 14 heavy (non-hydrogen) atoms. The minimum atomic E-state index is -2.40. The Morgan fingerprint density at radius 3 is 2.71 bits per heavy atom. The molecule has 0 bridgehead atoms. The number of anilines is 1. The van der Waals surface area contributed by atoms with E-state index in [-0.39, 0.29) is 6.61 Å². The Balaban J connectivity index is 2.66. The van der Waals surface area contributed by atoms with Crippen LogP contribution in [0.5, 0.6) is 0 Å². The van der Waals surface area contributed by atoms with Crippen LogP contribution in [-0.2, 0) is 6.61 Å². The van der Waals surface area contributed by atoms with Gasteiger partial charge in [0, 0.05) is 5.69 Å². The zero-order chi connectivity index (χ0) is 10.6. The van der Waals surface area contributed by atoms with Crippen molar-refractivity contribution in [3.63, 3.8) is 0 Å². The van der Waals surface area contributed by atoms with E-state index in [0.717, 1.165) is 0 Å². The van der Waals surface area contributed by atoms with Crippen LogP contribution in [0.15, 0.2) is 24.3 Å². The van der Waals surface area contributed by atoms with Crippen LogP contribution in [0.4, 0.5) is 14.5 Å². The highest BCUT2D eigenvalue weighted by Crippen LogP contribution is 2.14. The molecule has 0 aliphatic rings. The molecular weight excluding hydrogens is 188 g/mol. The molecule has 0 spiro atoms. The van der Waals surface area contributed by atoms with Crippen molar-refractivity contribution in [2.75, 3.05) is 5.32 Å². The van der Waals surface area contributed by atoms with Crippen LogP contribution >= 0.6 is 0 Å². The fraction of sp³-hybridized carbons (Fsp3) is 0.400. The van der Waals surface area contributed by atoms with Gasteiger partial charge in [-0.15, -0.1) is 0 Å². The molecule has 4 heteroatoms. The topological polar surface area (TPSA) is 32.3 Å². The summed E-state index contributed by atoms with van der Waals surface area (Å²) in [5.41, 5.74) is 1.31. The number of hydrogen-bond acceptors (Lipinski definition) is 2. The zero-order valence-electron chi connectivity index (χ0n) is 7.87. The van der Waals surface area contributed by atoms with Gasteiger partial charge in [-0.05, 0) is 24.6 Å². The molecule has 1 unspecified atom stereocenters. The van der Waals surface area contributed by atoms with E-state index in [2.05, 4.69) is 5.32 Å². The van der Waals surface area contributed by atoms with Crippen molar-refractivity contribution in [3.05, 3.63) is 29.8 Å². The Morgan fingerprint density at radius 1 is 1.43 bits per heavy atom. The van der Waals surface area contributed by atoms with Gasteiger partial charge in [-0.25, -0.2) is 8.78 Å². The van der Waals surface area contributed by atoms with Crippen LogP contribution in [0.1, 0.15) is 12.5 Å². The summed E-state index contributed by atoms with van der Waals surface area (Å²) >= 11 is 0. The lowest BCUT2D eigenvalue weighted by atomic mass is 10.2. The van der Waals surface area contributed by atoms with Gasteiger partial charge in [0.05, 0.1) is 12.6 Å². The van der Waals surface area contributed by atoms with Gasteiger partial charge in [0.25, 0.3) is 6.43 Å². The molecule has 2 nitrogen and oxygen atoms in total. The van der Waals surface area contributed by atoms with Gasteiger partial charge in [-0.1, -0.05) is 12.1 Å². The summed E-state index contributed by atoms with van der Waals surface area (Å²) < 4.78 is 24.4. The first-order valence-corrected chi connectivity index (χ1v) is 4.38. The number of alkyl halides is 2. The van der Waals surface area contributed by atoms with Gasteiger partial charge < -0.3 is 10.4 Å². The highest BCUT2D eigenvalue weighted by atomic mass is 19.3. The number of aliphatic hydroxyl groups excluding tert-OH is 1. The first kappa shape index (κ1) is 10.9.